The lowest BCUT2D eigenvalue weighted by Crippen LogP contribution is -2.48. The van der Waals surface area contributed by atoms with Crippen LogP contribution in [0.5, 0.6) is 0 Å². The predicted octanol–water partition coefficient (Wildman–Crippen LogP) is 1.85. The van der Waals surface area contributed by atoms with Crippen molar-refractivity contribution in [1.82, 2.24) is 13.5 Å². The van der Waals surface area contributed by atoms with Gasteiger partial charge in [0.25, 0.3) is 10.0 Å². The molecule has 1 aromatic heterocycles. The van der Waals surface area contributed by atoms with E-state index in [2.05, 4.69) is 0 Å². The van der Waals surface area contributed by atoms with E-state index in [1.807, 2.05) is 4.90 Å². The fraction of sp³-hybridized carbons (Fsp3) is 0.474. The van der Waals surface area contributed by atoms with Gasteiger partial charge >= 0.3 is 0 Å². The number of hydrogen-bond acceptors (Lipinski definition) is 6. The van der Waals surface area contributed by atoms with Crippen LogP contribution >= 0.6 is 0 Å². The van der Waals surface area contributed by atoms with Crippen LogP contribution in [0.2, 0.25) is 0 Å². The summed E-state index contributed by atoms with van der Waals surface area (Å²) in [5.74, 6) is -1.49. The highest BCUT2D eigenvalue weighted by atomic mass is 32.2. The van der Waals surface area contributed by atoms with Crippen molar-refractivity contribution in [2.45, 2.75) is 29.4 Å². The van der Waals surface area contributed by atoms with Crippen molar-refractivity contribution in [2.75, 3.05) is 39.3 Å². The average Bonchev–Trinajstić information content (AvgIpc) is 3.41. The molecule has 0 N–H and O–H groups in total. The molecule has 2 aliphatic rings. The van der Waals surface area contributed by atoms with Crippen LogP contribution in [0.25, 0.3) is 0 Å². The molecule has 8 nitrogen and oxygen atoms in total. The Kier molecular flexibility index (Phi) is 6.19. The van der Waals surface area contributed by atoms with Gasteiger partial charge in [0, 0.05) is 45.3 Å². The van der Waals surface area contributed by atoms with E-state index in [1.165, 1.54) is 10.4 Å². The lowest BCUT2D eigenvalue weighted by Gasteiger charge is -2.33. The average molecular weight is 476 g/mol. The molecule has 2 aromatic rings. The number of benzene rings is 1. The van der Waals surface area contributed by atoms with E-state index in [9.17, 15) is 25.6 Å². The van der Waals surface area contributed by atoms with Gasteiger partial charge in [0.05, 0.1) is 6.54 Å². The predicted molar refractivity (Wildman–Crippen MR) is 107 cm³/mol. The SMILES string of the molecule is O=S(=O)(c1ccc(CN2CCN(S(=O)(=O)c3ccc(F)cc3F)CC2)o1)N1CCCC1. The number of hydrogen-bond donors (Lipinski definition) is 0. The van der Waals surface area contributed by atoms with Crippen LogP contribution in [-0.4, -0.2) is 69.6 Å². The Bertz CT molecular complexity index is 1150. The highest BCUT2D eigenvalue weighted by Crippen LogP contribution is 2.25. The second-order valence-electron chi connectivity index (χ2n) is 7.59. The minimum absolute atomic E-state index is 0.0857. The Morgan fingerprint density at radius 2 is 1.45 bits per heavy atom. The topological polar surface area (TPSA) is 91.1 Å². The summed E-state index contributed by atoms with van der Waals surface area (Å²) in [6, 6.07) is 5.45. The maximum absolute atomic E-state index is 14.0. The van der Waals surface area contributed by atoms with Crippen molar-refractivity contribution < 1.29 is 30.0 Å². The molecule has 0 bridgehead atoms. The first-order chi connectivity index (χ1) is 14.7. The van der Waals surface area contributed by atoms with Gasteiger partial charge < -0.3 is 4.42 Å². The zero-order valence-electron chi connectivity index (χ0n) is 16.7. The number of furan rings is 1. The number of rotatable bonds is 6. The zero-order chi connectivity index (χ0) is 22.2. The molecule has 0 spiro atoms. The van der Waals surface area contributed by atoms with Gasteiger partial charge in [-0.3, -0.25) is 4.90 Å². The summed E-state index contributed by atoms with van der Waals surface area (Å²) in [6.45, 7) is 2.27. The van der Waals surface area contributed by atoms with Crippen LogP contribution in [-0.2, 0) is 26.6 Å². The minimum Gasteiger partial charge on any atom is -0.447 e. The lowest BCUT2D eigenvalue weighted by molar-refractivity contribution is 0.167. The van der Waals surface area contributed by atoms with Crippen molar-refractivity contribution in [3.63, 3.8) is 0 Å². The van der Waals surface area contributed by atoms with Crippen LogP contribution < -0.4 is 0 Å². The van der Waals surface area contributed by atoms with Crippen molar-refractivity contribution >= 4 is 20.0 Å². The Morgan fingerprint density at radius 1 is 0.806 bits per heavy atom. The summed E-state index contributed by atoms with van der Waals surface area (Å²) in [7, 11) is -7.70. The Labute approximate surface area is 180 Å². The summed E-state index contributed by atoms with van der Waals surface area (Å²) in [4.78, 5) is 1.38. The number of sulfonamides is 2. The minimum atomic E-state index is -4.07. The molecule has 2 aliphatic heterocycles. The van der Waals surface area contributed by atoms with Gasteiger partial charge in [0.1, 0.15) is 22.3 Å². The van der Waals surface area contributed by atoms with Crippen LogP contribution in [0.4, 0.5) is 8.78 Å². The Hall–Kier alpha value is -1.86. The molecule has 0 unspecified atom stereocenters. The second-order valence-corrected chi connectivity index (χ2v) is 11.4. The summed E-state index contributed by atoms with van der Waals surface area (Å²) in [6.07, 6.45) is 1.67. The van der Waals surface area contributed by atoms with Crippen LogP contribution in [0.1, 0.15) is 18.6 Å². The van der Waals surface area contributed by atoms with E-state index in [-0.39, 0.29) is 18.2 Å². The first kappa shape index (κ1) is 22.3. The number of halogens is 2. The fourth-order valence-corrected chi connectivity index (χ4v) is 6.72. The summed E-state index contributed by atoms with van der Waals surface area (Å²) in [5, 5.41) is -0.0857. The third kappa shape index (κ3) is 4.53. The van der Waals surface area contributed by atoms with Crippen LogP contribution in [0.15, 0.2) is 44.7 Å². The Balaban J connectivity index is 1.38. The quantitative estimate of drug-likeness (QED) is 0.633. The molecule has 2 saturated heterocycles. The summed E-state index contributed by atoms with van der Waals surface area (Å²) >= 11 is 0. The molecule has 0 amide bonds. The van der Waals surface area contributed by atoms with E-state index in [0.717, 1.165) is 29.3 Å². The third-order valence-corrected chi connectivity index (χ3v) is 9.22. The molecule has 2 fully saturated rings. The monoisotopic (exact) mass is 475 g/mol. The van der Waals surface area contributed by atoms with E-state index < -0.39 is 36.6 Å². The lowest BCUT2D eigenvalue weighted by atomic mass is 10.3. The van der Waals surface area contributed by atoms with Gasteiger partial charge in [-0.1, -0.05) is 0 Å². The fourth-order valence-electron chi connectivity index (χ4n) is 3.81. The zero-order valence-corrected chi connectivity index (χ0v) is 18.3. The second kappa shape index (κ2) is 8.58. The van der Waals surface area contributed by atoms with Gasteiger partial charge in [-0.25, -0.2) is 25.6 Å². The van der Waals surface area contributed by atoms with Gasteiger partial charge in [-0.05, 0) is 37.1 Å². The third-order valence-electron chi connectivity index (χ3n) is 5.52. The van der Waals surface area contributed by atoms with Gasteiger partial charge in [0.2, 0.25) is 15.1 Å². The van der Waals surface area contributed by atoms with E-state index in [1.54, 1.807) is 6.07 Å². The van der Waals surface area contributed by atoms with E-state index in [0.29, 0.717) is 44.6 Å². The first-order valence-electron chi connectivity index (χ1n) is 9.94. The normalized spacial score (nSPS) is 19.8. The molecule has 31 heavy (non-hydrogen) atoms. The van der Waals surface area contributed by atoms with Gasteiger partial charge in [0.15, 0.2) is 0 Å². The maximum Gasteiger partial charge on any atom is 0.276 e. The molecule has 0 saturated carbocycles. The standard InChI is InChI=1S/C19H23F2N3O5S2/c20-15-3-5-18(17(21)13-15)30(25,26)24-11-9-22(10-12-24)14-16-4-6-19(29-16)31(27,28)23-7-1-2-8-23/h3-6,13H,1-2,7-12,14H2. The molecule has 12 heteroatoms. The molecular weight excluding hydrogens is 452 g/mol. The number of nitrogens with zero attached hydrogens (tertiary/aromatic N) is 3. The van der Waals surface area contributed by atoms with Crippen molar-refractivity contribution in [3.8, 4) is 0 Å². The molecule has 0 aliphatic carbocycles. The molecule has 0 atom stereocenters. The highest BCUT2D eigenvalue weighted by molar-refractivity contribution is 7.89. The van der Waals surface area contributed by atoms with Crippen LogP contribution in [0.3, 0.4) is 0 Å². The van der Waals surface area contributed by atoms with Crippen molar-refractivity contribution in [3.05, 3.63) is 47.7 Å². The molecular formula is C19H23F2N3O5S2. The van der Waals surface area contributed by atoms with Crippen LogP contribution in [0, 0.1) is 11.6 Å². The highest BCUT2D eigenvalue weighted by Gasteiger charge is 2.32. The number of piperazine rings is 1. The first-order valence-corrected chi connectivity index (χ1v) is 12.8. The summed E-state index contributed by atoms with van der Waals surface area (Å²) < 4.78 is 85.7. The molecule has 4 rings (SSSR count). The van der Waals surface area contributed by atoms with Crippen molar-refractivity contribution in [1.29, 1.82) is 0 Å². The van der Waals surface area contributed by atoms with Gasteiger partial charge in [-0.15, -0.1) is 0 Å². The van der Waals surface area contributed by atoms with Gasteiger partial charge in [-0.2, -0.15) is 8.61 Å². The maximum atomic E-state index is 14.0. The molecule has 3 heterocycles. The smallest absolute Gasteiger partial charge is 0.276 e. The Morgan fingerprint density at radius 3 is 2.10 bits per heavy atom. The molecule has 170 valence electrons. The largest absolute Gasteiger partial charge is 0.447 e. The molecule has 0 radical (unpaired) electrons. The van der Waals surface area contributed by atoms with E-state index >= 15 is 0 Å². The van der Waals surface area contributed by atoms with E-state index in [4.69, 9.17) is 4.42 Å². The molecule has 1 aromatic carbocycles. The summed E-state index contributed by atoms with van der Waals surface area (Å²) in [5.41, 5.74) is 0. The van der Waals surface area contributed by atoms with Crippen molar-refractivity contribution in [2.24, 2.45) is 0 Å².